The van der Waals surface area contributed by atoms with Crippen molar-refractivity contribution in [2.45, 2.75) is 33.8 Å². The van der Waals surface area contributed by atoms with Gasteiger partial charge in [-0.15, -0.1) is 0 Å². The fourth-order valence-corrected chi connectivity index (χ4v) is 0.496. The lowest BCUT2D eigenvalue weighted by molar-refractivity contribution is -0.125. The van der Waals surface area contributed by atoms with Crippen LogP contribution >= 0.6 is 0 Å². The van der Waals surface area contributed by atoms with E-state index < -0.39 is 12.3 Å². The van der Waals surface area contributed by atoms with E-state index >= 15 is 0 Å². The van der Waals surface area contributed by atoms with E-state index in [9.17, 15) is 9.59 Å². The number of ketones is 1. The monoisotopic (exact) mass is 188 g/mol. The molecule has 0 saturated carbocycles. The topological polar surface area (TPSA) is 52.6 Å². The van der Waals surface area contributed by atoms with Crippen molar-refractivity contribution in [3.8, 4) is 0 Å². The van der Waals surface area contributed by atoms with Crippen LogP contribution in [0, 0.1) is 5.92 Å². The summed E-state index contributed by atoms with van der Waals surface area (Å²) in [6.45, 7) is 7.02. The van der Waals surface area contributed by atoms with E-state index in [1.54, 1.807) is 0 Å². The van der Waals surface area contributed by atoms with Gasteiger partial charge < -0.3 is 9.47 Å². The van der Waals surface area contributed by atoms with Gasteiger partial charge in [-0.3, -0.25) is 4.79 Å². The van der Waals surface area contributed by atoms with E-state index in [1.807, 2.05) is 13.8 Å². The Morgan fingerprint density at radius 3 is 2.15 bits per heavy atom. The third kappa shape index (κ3) is 6.13. The molecule has 0 aromatic carbocycles. The first-order valence-electron chi connectivity index (χ1n) is 4.27. The highest BCUT2D eigenvalue weighted by Gasteiger charge is 2.14. The van der Waals surface area contributed by atoms with Gasteiger partial charge in [0.2, 0.25) is 0 Å². The molecular formula is C9H16O4. The van der Waals surface area contributed by atoms with Crippen molar-refractivity contribution in [1.82, 2.24) is 0 Å². The normalized spacial score (nSPS) is 12.4. The van der Waals surface area contributed by atoms with Crippen LogP contribution in [0.5, 0.6) is 0 Å². The average Bonchev–Trinajstić information content (AvgIpc) is 2.00. The lowest BCUT2D eigenvalue weighted by Crippen LogP contribution is -2.23. The molecule has 4 heteroatoms. The molecule has 13 heavy (non-hydrogen) atoms. The van der Waals surface area contributed by atoms with Crippen molar-refractivity contribution < 1.29 is 19.1 Å². The van der Waals surface area contributed by atoms with Gasteiger partial charge in [0, 0.05) is 0 Å². The second-order valence-electron chi connectivity index (χ2n) is 3.33. The second kappa shape index (κ2) is 5.56. The molecule has 0 aliphatic rings. The highest BCUT2D eigenvalue weighted by Crippen LogP contribution is 1.98. The lowest BCUT2D eigenvalue weighted by Gasteiger charge is -2.11. The van der Waals surface area contributed by atoms with Gasteiger partial charge in [0.15, 0.2) is 11.9 Å². The maximum Gasteiger partial charge on any atom is 0.508 e. The van der Waals surface area contributed by atoms with Crippen LogP contribution in [-0.2, 0) is 14.3 Å². The summed E-state index contributed by atoms with van der Waals surface area (Å²) in [7, 11) is 0. The molecule has 0 spiro atoms. The Labute approximate surface area is 78.2 Å². The second-order valence-corrected chi connectivity index (χ2v) is 3.33. The predicted molar refractivity (Wildman–Crippen MR) is 47.4 cm³/mol. The van der Waals surface area contributed by atoms with E-state index in [-0.39, 0.29) is 11.7 Å². The molecule has 0 fully saturated rings. The van der Waals surface area contributed by atoms with Crippen LogP contribution in [-0.4, -0.2) is 24.6 Å². The van der Waals surface area contributed by atoms with Crippen LogP contribution in [0.25, 0.3) is 0 Å². The Balaban J connectivity index is 3.68. The largest absolute Gasteiger partial charge is 0.508 e. The van der Waals surface area contributed by atoms with Gasteiger partial charge in [0.05, 0.1) is 6.61 Å². The molecule has 0 amide bonds. The molecule has 0 aliphatic heterocycles. The molecule has 0 heterocycles. The van der Waals surface area contributed by atoms with Crippen molar-refractivity contribution in [1.29, 1.82) is 0 Å². The zero-order valence-electron chi connectivity index (χ0n) is 8.49. The van der Waals surface area contributed by atoms with Crippen LogP contribution in [0.3, 0.4) is 0 Å². The molecule has 4 nitrogen and oxygen atoms in total. The lowest BCUT2D eigenvalue weighted by atomic mass is 10.2. The molecule has 0 radical (unpaired) electrons. The summed E-state index contributed by atoms with van der Waals surface area (Å²) in [5.41, 5.74) is 0. The molecule has 0 aromatic rings. The van der Waals surface area contributed by atoms with Crippen LogP contribution in [0.2, 0.25) is 0 Å². The van der Waals surface area contributed by atoms with E-state index in [0.717, 1.165) is 0 Å². The number of carbonyl (C=O) groups excluding carboxylic acids is 2. The minimum Gasteiger partial charge on any atom is -0.434 e. The fourth-order valence-electron chi connectivity index (χ4n) is 0.496. The number of carbonyl (C=O) groups is 2. The van der Waals surface area contributed by atoms with Gasteiger partial charge >= 0.3 is 6.16 Å². The molecule has 76 valence electrons. The summed E-state index contributed by atoms with van der Waals surface area (Å²) in [6.07, 6.45) is -1.50. The number of Topliss-reactive ketones (excluding diaryl/α,β-unsaturated/α-hetero) is 1. The first-order chi connectivity index (χ1) is 5.93. The summed E-state index contributed by atoms with van der Waals surface area (Å²) >= 11 is 0. The summed E-state index contributed by atoms with van der Waals surface area (Å²) in [4.78, 5) is 21.6. The zero-order chi connectivity index (χ0) is 10.4. The number of rotatable bonds is 4. The van der Waals surface area contributed by atoms with Crippen LogP contribution in [0.1, 0.15) is 27.7 Å². The first kappa shape index (κ1) is 11.9. The third-order valence-corrected chi connectivity index (χ3v) is 1.38. The van der Waals surface area contributed by atoms with E-state index in [4.69, 9.17) is 4.74 Å². The molecule has 0 rings (SSSR count). The van der Waals surface area contributed by atoms with Crippen molar-refractivity contribution in [3.63, 3.8) is 0 Å². The molecule has 1 atom stereocenters. The van der Waals surface area contributed by atoms with Gasteiger partial charge in [0.1, 0.15) is 0 Å². The average molecular weight is 188 g/mol. The van der Waals surface area contributed by atoms with Gasteiger partial charge in [-0.1, -0.05) is 13.8 Å². The van der Waals surface area contributed by atoms with Crippen molar-refractivity contribution in [2.24, 2.45) is 5.92 Å². The molecule has 0 saturated heterocycles. The van der Waals surface area contributed by atoms with Crippen molar-refractivity contribution >= 4 is 11.9 Å². The Bertz CT molecular complexity index is 186. The highest BCUT2D eigenvalue weighted by atomic mass is 16.7. The molecule has 1 unspecified atom stereocenters. The molecule has 0 aromatic heterocycles. The van der Waals surface area contributed by atoms with Gasteiger partial charge in [-0.25, -0.2) is 4.79 Å². The van der Waals surface area contributed by atoms with Gasteiger partial charge in [0.25, 0.3) is 0 Å². The first-order valence-corrected chi connectivity index (χ1v) is 4.27. The minimum atomic E-state index is -0.781. The van der Waals surface area contributed by atoms with Crippen molar-refractivity contribution in [2.75, 3.05) is 6.61 Å². The Hall–Kier alpha value is -1.06. The quantitative estimate of drug-likeness (QED) is 0.631. The minimum absolute atomic E-state index is 0.193. The summed E-state index contributed by atoms with van der Waals surface area (Å²) in [5.74, 6) is 0.0710. The molecule has 0 bridgehead atoms. The summed E-state index contributed by atoms with van der Waals surface area (Å²) in [6, 6.07) is 0. The Kier molecular flexibility index (Phi) is 5.11. The predicted octanol–water partition coefficient (Wildman–Crippen LogP) is 1.77. The van der Waals surface area contributed by atoms with Crippen LogP contribution in [0.15, 0.2) is 0 Å². The van der Waals surface area contributed by atoms with E-state index in [1.165, 1.54) is 13.8 Å². The highest BCUT2D eigenvalue weighted by molar-refractivity contribution is 5.81. The van der Waals surface area contributed by atoms with Gasteiger partial charge in [-0.2, -0.15) is 0 Å². The maximum absolute atomic E-state index is 10.9. The summed E-state index contributed by atoms with van der Waals surface area (Å²) < 4.78 is 9.36. The number of hydrogen-bond donors (Lipinski definition) is 0. The maximum atomic E-state index is 10.9. The number of hydrogen-bond acceptors (Lipinski definition) is 4. The fraction of sp³-hybridized carbons (Fsp3) is 0.778. The standard InChI is InChI=1S/C9H16O4/c1-6(2)5-12-9(11)13-8(4)7(3)10/h6,8H,5H2,1-4H3. The molecular weight excluding hydrogens is 172 g/mol. The smallest absolute Gasteiger partial charge is 0.434 e. The van der Waals surface area contributed by atoms with E-state index in [2.05, 4.69) is 4.74 Å². The SMILES string of the molecule is CC(=O)C(C)OC(=O)OCC(C)C. The van der Waals surface area contributed by atoms with Gasteiger partial charge in [-0.05, 0) is 19.8 Å². The van der Waals surface area contributed by atoms with Crippen molar-refractivity contribution in [3.05, 3.63) is 0 Å². The molecule has 0 aliphatic carbocycles. The number of ether oxygens (including phenoxy) is 2. The molecule has 0 N–H and O–H groups in total. The van der Waals surface area contributed by atoms with Crippen LogP contribution in [0.4, 0.5) is 4.79 Å². The van der Waals surface area contributed by atoms with E-state index in [0.29, 0.717) is 6.61 Å². The third-order valence-electron chi connectivity index (χ3n) is 1.38. The Morgan fingerprint density at radius 1 is 1.23 bits per heavy atom. The summed E-state index contributed by atoms with van der Waals surface area (Å²) in [5, 5.41) is 0. The Morgan fingerprint density at radius 2 is 1.77 bits per heavy atom. The van der Waals surface area contributed by atoms with Crippen LogP contribution < -0.4 is 0 Å². The zero-order valence-corrected chi connectivity index (χ0v) is 8.49.